The number of pyridine rings is 2. The maximum Gasteiger partial charge on any atom is 0.264 e. The van der Waals surface area contributed by atoms with Crippen LogP contribution in [0.3, 0.4) is 0 Å². The van der Waals surface area contributed by atoms with Gasteiger partial charge in [0.1, 0.15) is 0 Å². The van der Waals surface area contributed by atoms with Crippen molar-refractivity contribution in [3.8, 4) is 5.88 Å². The van der Waals surface area contributed by atoms with Gasteiger partial charge in [0.25, 0.3) is 10.0 Å². The Balaban J connectivity index is 1.69. The summed E-state index contributed by atoms with van der Waals surface area (Å²) >= 11 is 0. The van der Waals surface area contributed by atoms with E-state index in [2.05, 4.69) is 14.7 Å². The normalized spacial score (nSPS) is 15.2. The molecule has 1 fully saturated rings. The lowest BCUT2D eigenvalue weighted by molar-refractivity contribution is -0.121. The predicted molar refractivity (Wildman–Crippen MR) is 113 cm³/mol. The zero-order valence-corrected chi connectivity index (χ0v) is 17.9. The van der Waals surface area contributed by atoms with E-state index >= 15 is 0 Å². The molecule has 0 unspecified atom stereocenters. The van der Waals surface area contributed by atoms with Crippen LogP contribution in [0.5, 0.6) is 5.88 Å². The number of ether oxygens (including phenoxy) is 1. The minimum atomic E-state index is -4.08. The van der Waals surface area contributed by atoms with E-state index in [1.807, 2.05) is 20.8 Å². The number of hydrogen-bond donors (Lipinski definition) is 1. The molecule has 1 aliphatic carbocycles. The Bertz CT molecular complexity index is 1230. The highest BCUT2D eigenvalue weighted by Gasteiger charge is 2.54. The number of carbonyl (C=O) groups excluding carboxylic acids is 1. The fourth-order valence-corrected chi connectivity index (χ4v) is 4.81. The summed E-state index contributed by atoms with van der Waals surface area (Å²) in [5, 5.41) is 0.464. The van der Waals surface area contributed by atoms with Crippen LogP contribution in [0.2, 0.25) is 0 Å². The minimum absolute atomic E-state index is 0.0259. The van der Waals surface area contributed by atoms with Crippen molar-refractivity contribution in [1.29, 1.82) is 0 Å². The van der Waals surface area contributed by atoms with Gasteiger partial charge in [-0.25, -0.2) is 18.1 Å². The van der Waals surface area contributed by atoms with Gasteiger partial charge in [0.05, 0.1) is 21.9 Å². The second kappa shape index (κ2) is 7.36. The summed E-state index contributed by atoms with van der Waals surface area (Å²) in [6.45, 7) is 5.61. The molecule has 0 spiro atoms. The average molecular weight is 426 g/mol. The van der Waals surface area contributed by atoms with Gasteiger partial charge >= 0.3 is 0 Å². The van der Waals surface area contributed by atoms with Gasteiger partial charge in [0.15, 0.2) is 0 Å². The molecule has 30 heavy (non-hydrogen) atoms. The number of amides is 1. The molecule has 0 aliphatic heterocycles. The molecule has 0 saturated heterocycles. The van der Waals surface area contributed by atoms with Crippen molar-refractivity contribution in [1.82, 2.24) is 14.7 Å². The second-order valence-electron chi connectivity index (χ2n) is 7.81. The summed E-state index contributed by atoms with van der Waals surface area (Å²) in [6, 6.07) is 11.8. The molecule has 3 aromatic rings. The third kappa shape index (κ3) is 3.63. The Hall–Kier alpha value is -3.00. The first-order chi connectivity index (χ1) is 14.2. The lowest BCUT2D eigenvalue weighted by atomic mass is 9.96. The minimum Gasteiger partial charge on any atom is -0.475 e. The molecule has 7 nitrogen and oxygen atoms in total. The quantitative estimate of drug-likeness (QED) is 0.651. The number of aryl methyl sites for hydroxylation is 1. The van der Waals surface area contributed by atoms with Crippen LogP contribution in [0.4, 0.5) is 0 Å². The smallest absolute Gasteiger partial charge is 0.264 e. The van der Waals surface area contributed by atoms with Crippen molar-refractivity contribution in [3.05, 3.63) is 59.9 Å². The SMILES string of the molecule is Cc1ccc(C2(C(=O)NS(=O)(=O)c3cccc4ncccc34)CC2)c(OC(C)C)n1. The van der Waals surface area contributed by atoms with Crippen LogP contribution in [0.25, 0.3) is 10.9 Å². The van der Waals surface area contributed by atoms with Crippen molar-refractivity contribution >= 4 is 26.8 Å². The van der Waals surface area contributed by atoms with Gasteiger partial charge in [-0.05, 0) is 63.9 Å². The van der Waals surface area contributed by atoms with Crippen molar-refractivity contribution in [2.24, 2.45) is 0 Å². The Labute approximate surface area is 175 Å². The van der Waals surface area contributed by atoms with E-state index in [0.717, 1.165) is 5.69 Å². The predicted octanol–water partition coefficient (Wildman–Crippen LogP) is 3.26. The van der Waals surface area contributed by atoms with Crippen LogP contribution in [0.1, 0.15) is 37.9 Å². The van der Waals surface area contributed by atoms with Crippen LogP contribution >= 0.6 is 0 Å². The summed E-state index contributed by atoms with van der Waals surface area (Å²) in [5.41, 5.74) is 0.973. The van der Waals surface area contributed by atoms with Gasteiger partial charge in [0.2, 0.25) is 11.8 Å². The molecule has 2 heterocycles. The van der Waals surface area contributed by atoms with Gasteiger partial charge in [-0.1, -0.05) is 12.1 Å². The zero-order chi connectivity index (χ0) is 21.5. The van der Waals surface area contributed by atoms with E-state index in [0.29, 0.717) is 35.2 Å². The van der Waals surface area contributed by atoms with Gasteiger partial charge in [-0.3, -0.25) is 9.78 Å². The van der Waals surface area contributed by atoms with E-state index < -0.39 is 21.3 Å². The number of nitrogens with one attached hydrogen (secondary N) is 1. The average Bonchev–Trinajstić information content (AvgIpc) is 3.49. The molecule has 4 rings (SSSR count). The fourth-order valence-electron chi connectivity index (χ4n) is 3.54. The van der Waals surface area contributed by atoms with E-state index in [-0.39, 0.29) is 11.0 Å². The molecule has 1 saturated carbocycles. The maximum absolute atomic E-state index is 13.2. The molecule has 0 radical (unpaired) electrons. The summed E-state index contributed by atoms with van der Waals surface area (Å²) in [7, 11) is -4.08. The molecular weight excluding hydrogens is 402 g/mol. The molecule has 1 aromatic carbocycles. The molecule has 0 atom stereocenters. The Morgan fingerprint density at radius 3 is 2.60 bits per heavy atom. The largest absolute Gasteiger partial charge is 0.475 e. The molecule has 0 bridgehead atoms. The van der Waals surface area contributed by atoms with Crippen molar-refractivity contribution < 1.29 is 17.9 Å². The van der Waals surface area contributed by atoms with Gasteiger partial charge in [-0.15, -0.1) is 0 Å². The summed E-state index contributed by atoms with van der Waals surface area (Å²) < 4.78 is 34.3. The number of rotatable bonds is 6. The highest BCUT2D eigenvalue weighted by molar-refractivity contribution is 7.90. The van der Waals surface area contributed by atoms with Crippen LogP contribution in [0.15, 0.2) is 53.6 Å². The van der Waals surface area contributed by atoms with Crippen LogP contribution in [0, 0.1) is 6.92 Å². The molecular formula is C22H23N3O4S. The van der Waals surface area contributed by atoms with Crippen molar-refractivity contribution in [2.45, 2.75) is 50.0 Å². The molecule has 2 aromatic heterocycles. The lowest BCUT2D eigenvalue weighted by Crippen LogP contribution is -2.39. The van der Waals surface area contributed by atoms with E-state index in [9.17, 15) is 13.2 Å². The number of carbonyl (C=O) groups is 1. The van der Waals surface area contributed by atoms with Crippen LogP contribution in [-0.2, 0) is 20.2 Å². The number of hydrogen-bond acceptors (Lipinski definition) is 6. The monoisotopic (exact) mass is 425 g/mol. The zero-order valence-electron chi connectivity index (χ0n) is 17.0. The highest BCUT2D eigenvalue weighted by Crippen LogP contribution is 2.51. The first-order valence-corrected chi connectivity index (χ1v) is 11.3. The number of sulfonamides is 1. The summed E-state index contributed by atoms with van der Waals surface area (Å²) in [4.78, 5) is 21.8. The summed E-state index contributed by atoms with van der Waals surface area (Å²) in [5.74, 6) is -0.188. The van der Waals surface area contributed by atoms with Crippen molar-refractivity contribution in [2.75, 3.05) is 0 Å². The first kappa shape index (κ1) is 20.3. The Morgan fingerprint density at radius 2 is 1.90 bits per heavy atom. The number of benzene rings is 1. The van der Waals surface area contributed by atoms with Crippen LogP contribution in [-0.4, -0.2) is 30.4 Å². The Kier molecular flexibility index (Phi) is 4.97. The molecule has 1 N–H and O–H groups in total. The number of fused-ring (bicyclic) bond motifs is 1. The molecule has 156 valence electrons. The topological polar surface area (TPSA) is 98.2 Å². The van der Waals surface area contributed by atoms with Gasteiger partial charge < -0.3 is 4.74 Å². The number of nitrogens with zero attached hydrogens (tertiary/aromatic N) is 2. The maximum atomic E-state index is 13.2. The molecule has 1 amide bonds. The van der Waals surface area contributed by atoms with E-state index in [1.165, 1.54) is 6.07 Å². The standard InChI is InChI=1S/C22H23N3O4S/c1-14(2)29-20-17(10-9-15(3)24-20)22(11-12-22)21(26)25-30(27,28)19-8-4-7-18-16(19)6-5-13-23-18/h4-10,13-14H,11-12H2,1-3H3,(H,25,26). The van der Waals surface area contributed by atoms with E-state index in [1.54, 1.807) is 42.6 Å². The third-order valence-electron chi connectivity index (χ3n) is 5.17. The van der Waals surface area contributed by atoms with Crippen molar-refractivity contribution in [3.63, 3.8) is 0 Å². The van der Waals surface area contributed by atoms with Crippen LogP contribution < -0.4 is 9.46 Å². The lowest BCUT2D eigenvalue weighted by Gasteiger charge is -2.20. The van der Waals surface area contributed by atoms with Gasteiger partial charge in [-0.2, -0.15) is 0 Å². The first-order valence-electron chi connectivity index (χ1n) is 9.79. The summed E-state index contributed by atoms with van der Waals surface area (Å²) in [6.07, 6.45) is 2.54. The number of aromatic nitrogens is 2. The van der Waals surface area contributed by atoms with E-state index in [4.69, 9.17) is 4.74 Å². The third-order valence-corrected chi connectivity index (χ3v) is 6.56. The molecule has 8 heteroatoms. The second-order valence-corrected chi connectivity index (χ2v) is 9.47. The fraction of sp³-hybridized carbons (Fsp3) is 0.318. The highest BCUT2D eigenvalue weighted by atomic mass is 32.2. The Morgan fingerprint density at radius 1 is 1.13 bits per heavy atom. The molecule has 1 aliphatic rings. The van der Waals surface area contributed by atoms with Gasteiger partial charge in [0, 0.05) is 22.8 Å².